The van der Waals surface area contributed by atoms with E-state index >= 15 is 0 Å². The minimum Gasteiger partial charge on any atom is -0.347 e. The Bertz CT molecular complexity index is 433. The van der Waals surface area contributed by atoms with Crippen molar-refractivity contribution in [3.05, 3.63) is 5.82 Å². The molecular formula is C10H13F3N4S. The maximum atomic E-state index is 12.4. The quantitative estimate of drug-likeness (QED) is 0.847. The molecule has 100 valence electrons. The molecule has 0 amide bonds. The monoisotopic (exact) mass is 278 g/mol. The van der Waals surface area contributed by atoms with Gasteiger partial charge in [-0.05, 0) is 31.3 Å². The van der Waals surface area contributed by atoms with E-state index in [1.807, 2.05) is 4.90 Å². The summed E-state index contributed by atoms with van der Waals surface area (Å²) >= 11 is 0.842. The molecule has 1 aromatic heterocycles. The van der Waals surface area contributed by atoms with Crippen molar-refractivity contribution in [2.24, 2.45) is 11.8 Å². The highest BCUT2D eigenvalue weighted by Crippen LogP contribution is 2.33. The summed E-state index contributed by atoms with van der Waals surface area (Å²) < 4.78 is 40.7. The fraction of sp³-hybridized carbons (Fsp3) is 0.800. The lowest BCUT2D eigenvalue weighted by Crippen LogP contribution is -2.40. The summed E-state index contributed by atoms with van der Waals surface area (Å²) in [5.74, 6) is 0.169. The second-order valence-corrected chi connectivity index (χ2v) is 5.54. The van der Waals surface area contributed by atoms with Gasteiger partial charge in [-0.25, -0.2) is 0 Å². The number of aromatic nitrogens is 2. The third kappa shape index (κ3) is 2.18. The number of nitrogens with one attached hydrogen (secondary N) is 1. The van der Waals surface area contributed by atoms with Gasteiger partial charge in [0.25, 0.3) is 0 Å². The first kappa shape index (κ1) is 12.2. The molecule has 0 spiro atoms. The maximum Gasteiger partial charge on any atom is 0.452 e. The van der Waals surface area contributed by atoms with Crippen LogP contribution in [0.3, 0.4) is 0 Å². The van der Waals surface area contributed by atoms with Crippen molar-refractivity contribution in [3.63, 3.8) is 0 Å². The SMILES string of the molecule is FC(F)(F)c1nsc(N2CCC3CNCC3C2)n1. The van der Waals surface area contributed by atoms with Crippen molar-refractivity contribution in [2.75, 3.05) is 31.1 Å². The van der Waals surface area contributed by atoms with Crippen LogP contribution in [0.5, 0.6) is 0 Å². The van der Waals surface area contributed by atoms with Crippen LogP contribution in [0.2, 0.25) is 0 Å². The Hall–Kier alpha value is -0.890. The van der Waals surface area contributed by atoms with Crippen molar-refractivity contribution in [1.82, 2.24) is 14.7 Å². The molecule has 3 heterocycles. The number of anilines is 1. The summed E-state index contributed by atoms with van der Waals surface area (Å²) in [5.41, 5.74) is 0. The minimum absolute atomic E-state index is 0.396. The summed E-state index contributed by atoms with van der Waals surface area (Å²) in [5, 5.41) is 3.72. The number of fused-ring (bicyclic) bond motifs is 1. The topological polar surface area (TPSA) is 41.1 Å². The van der Waals surface area contributed by atoms with Crippen molar-refractivity contribution in [1.29, 1.82) is 0 Å². The first-order valence-corrected chi connectivity index (χ1v) is 6.68. The average molecular weight is 278 g/mol. The van der Waals surface area contributed by atoms with E-state index in [-0.39, 0.29) is 0 Å². The van der Waals surface area contributed by atoms with Gasteiger partial charge in [-0.15, -0.1) is 0 Å². The lowest BCUT2D eigenvalue weighted by atomic mass is 9.89. The first-order valence-electron chi connectivity index (χ1n) is 5.90. The molecule has 0 bridgehead atoms. The van der Waals surface area contributed by atoms with Gasteiger partial charge >= 0.3 is 6.18 Å². The van der Waals surface area contributed by atoms with E-state index in [4.69, 9.17) is 0 Å². The van der Waals surface area contributed by atoms with Crippen LogP contribution in [0.15, 0.2) is 0 Å². The Labute approximate surface area is 106 Å². The van der Waals surface area contributed by atoms with Crippen molar-refractivity contribution in [2.45, 2.75) is 12.6 Å². The summed E-state index contributed by atoms with van der Waals surface area (Å²) in [4.78, 5) is 5.54. The number of halogens is 3. The van der Waals surface area contributed by atoms with Gasteiger partial charge in [-0.2, -0.15) is 22.5 Å². The lowest BCUT2D eigenvalue weighted by molar-refractivity contribution is -0.144. The Balaban J connectivity index is 1.73. The number of alkyl halides is 3. The molecule has 1 N–H and O–H groups in total. The fourth-order valence-corrected chi connectivity index (χ4v) is 3.39. The molecule has 2 unspecified atom stereocenters. The number of nitrogens with zero attached hydrogens (tertiary/aromatic N) is 3. The standard InChI is InChI=1S/C10H13F3N4S/c11-10(12,13)8-15-9(18-16-8)17-2-1-6-3-14-4-7(6)5-17/h6-7,14H,1-5H2. The summed E-state index contributed by atoms with van der Waals surface area (Å²) in [7, 11) is 0. The second-order valence-electron chi connectivity index (χ2n) is 4.81. The van der Waals surface area contributed by atoms with E-state index in [0.29, 0.717) is 17.0 Å². The predicted molar refractivity (Wildman–Crippen MR) is 61.6 cm³/mol. The lowest BCUT2D eigenvalue weighted by Gasteiger charge is -2.33. The molecule has 0 radical (unpaired) electrons. The predicted octanol–water partition coefficient (Wildman–Crippen LogP) is 1.60. The molecule has 3 rings (SSSR count). The Morgan fingerprint density at radius 1 is 1.28 bits per heavy atom. The Morgan fingerprint density at radius 3 is 2.78 bits per heavy atom. The summed E-state index contributed by atoms with van der Waals surface area (Å²) in [6.45, 7) is 3.54. The number of hydrogen-bond acceptors (Lipinski definition) is 5. The van der Waals surface area contributed by atoms with Gasteiger partial charge in [0.2, 0.25) is 11.0 Å². The minimum atomic E-state index is -4.44. The molecular weight excluding hydrogens is 265 g/mol. The third-order valence-corrected chi connectivity index (χ3v) is 4.42. The van der Waals surface area contributed by atoms with Gasteiger partial charge < -0.3 is 10.2 Å². The Morgan fingerprint density at radius 2 is 2.06 bits per heavy atom. The highest BCUT2D eigenvalue weighted by atomic mass is 32.1. The number of rotatable bonds is 1. The molecule has 1 aromatic rings. The zero-order valence-corrected chi connectivity index (χ0v) is 10.4. The van der Waals surface area contributed by atoms with Crippen molar-refractivity contribution in [3.8, 4) is 0 Å². The van der Waals surface area contributed by atoms with Crippen LogP contribution >= 0.6 is 11.5 Å². The summed E-state index contributed by atoms with van der Waals surface area (Å²) in [6, 6.07) is 0. The molecule has 8 heteroatoms. The third-order valence-electron chi connectivity index (χ3n) is 3.64. The van der Waals surface area contributed by atoms with Crippen LogP contribution in [0, 0.1) is 11.8 Å². The normalized spacial score (nSPS) is 28.5. The van der Waals surface area contributed by atoms with Gasteiger partial charge in [0.05, 0.1) is 0 Å². The van der Waals surface area contributed by atoms with E-state index in [1.165, 1.54) is 0 Å². The molecule has 2 fully saturated rings. The molecule has 18 heavy (non-hydrogen) atoms. The zero-order valence-electron chi connectivity index (χ0n) is 9.57. The van der Waals surface area contributed by atoms with Gasteiger partial charge in [0.15, 0.2) is 0 Å². The Kier molecular flexibility index (Phi) is 2.93. The van der Waals surface area contributed by atoms with E-state index in [2.05, 4.69) is 14.7 Å². The number of hydrogen-bond donors (Lipinski definition) is 1. The van der Waals surface area contributed by atoms with E-state index in [1.54, 1.807) is 0 Å². The maximum absolute atomic E-state index is 12.4. The zero-order chi connectivity index (χ0) is 12.8. The largest absolute Gasteiger partial charge is 0.452 e. The second kappa shape index (κ2) is 4.34. The molecule has 2 aliphatic rings. The van der Waals surface area contributed by atoms with Crippen LogP contribution in [-0.2, 0) is 6.18 Å². The van der Waals surface area contributed by atoms with Gasteiger partial charge in [0.1, 0.15) is 0 Å². The average Bonchev–Trinajstić information content (AvgIpc) is 2.96. The first-order chi connectivity index (χ1) is 8.54. The molecule has 2 atom stereocenters. The van der Waals surface area contributed by atoms with Crippen molar-refractivity contribution >= 4 is 16.7 Å². The molecule has 0 aromatic carbocycles. The van der Waals surface area contributed by atoms with Crippen LogP contribution in [0.25, 0.3) is 0 Å². The van der Waals surface area contributed by atoms with Crippen molar-refractivity contribution < 1.29 is 13.2 Å². The van der Waals surface area contributed by atoms with Crippen LogP contribution in [0.4, 0.5) is 18.3 Å². The summed E-state index contributed by atoms with van der Waals surface area (Å²) in [6.07, 6.45) is -3.43. The molecule has 2 aliphatic heterocycles. The number of piperidine rings is 1. The van der Waals surface area contributed by atoms with Gasteiger partial charge in [0, 0.05) is 24.6 Å². The van der Waals surface area contributed by atoms with Crippen LogP contribution < -0.4 is 10.2 Å². The van der Waals surface area contributed by atoms with E-state index in [9.17, 15) is 13.2 Å². The van der Waals surface area contributed by atoms with Gasteiger partial charge in [-0.3, -0.25) is 0 Å². The highest BCUT2D eigenvalue weighted by Gasteiger charge is 2.38. The molecule has 0 saturated carbocycles. The van der Waals surface area contributed by atoms with Crippen LogP contribution in [-0.4, -0.2) is 35.5 Å². The molecule has 4 nitrogen and oxygen atoms in total. The highest BCUT2D eigenvalue weighted by molar-refractivity contribution is 7.09. The molecule has 2 saturated heterocycles. The van der Waals surface area contributed by atoms with Gasteiger partial charge in [-0.1, -0.05) is 0 Å². The van der Waals surface area contributed by atoms with Crippen LogP contribution in [0.1, 0.15) is 12.2 Å². The molecule has 0 aliphatic carbocycles. The van der Waals surface area contributed by atoms with E-state index in [0.717, 1.165) is 44.1 Å². The van der Waals surface area contributed by atoms with E-state index < -0.39 is 12.0 Å². The fourth-order valence-electron chi connectivity index (χ4n) is 2.67. The smallest absolute Gasteiger partial charge is 0.347 e.